The van der Waals surface area contributed by atoms with E-state index in [4.69, 9.17) is 4.74 Å². The summed E-state index contributed by atoms with van der Waals surface area (Å²) in [6, 6.07) is 0. The number of hydrogen-bond acceptors (Lipinski definition) is 2. The molecule has 2 heteroatoms. The minimum atomic E-state index is 0.110. The fourth-order valence-electron chi connectivity index (χ4n) is 2.14. The molecule has 0 aromatic rings. The van der Waals surface area contributed by atoms with Crippen molar-refractivity contribution in [3.8, 4) is 0 Å². The number of hydrogen-bond donors (Lipinski definition) is 0. The first-order valence-electron chi connectivity index (χ1n) is 5.18. The van der Waals surface area contributed by atoms with Crippen molar-refractivity contribution in [3.63, 3.8) is 0 Å². The summed E-state index contributed by atoms with van der Waals surface area (Å²) in [6.45, 7) is 8.21. The SMILES string of the molecule is CC(C)[C@@H]1CC[C@H](C)[C@H](O[C]=O)C1. The van der Waals surface area contributed by atoms with Crippen molar-refractivity contribution in [2.24, 2.45) is 17.8 Å². The Balaban J connectivity index is 2.47. The molecular weight excluding hydrogens is 164 g/mol. The third kappa shape index (κ3) is 2.71. The highest BCUT2D eigenvalue weighted by Gasteiger charge is 2.30. The van der Waals surface area contributed by atoms with Gasteiger partial charge >= 0.3 is 6.47 Å². The standard InChI is InChI=1S/C11H19O2/c1-8(2)10-5-4-9(3)11(6-10)13-7-12/h8-11H,4-6H2,1-3H3/t9-,10+,11+/m0/s1. The third-order valence-electron chi connectivity index (χ3n) is 3.30. The van der Waals surface area contributed by atoms with Crippen molar-refractivity contribution in [2.75, 3.05) is 0 Å². The predicted octanol–water partition coefficient (Wildman–Crippen LogP) is 2.53. The Morgan fingerprint density at radius 1 is 1.38 bits per heavy atom. The van der Waals surface area contributed by atoms with Crippen LogP contribution in [0.4, 0.5) is 0 Å². The van der Waals surface area contributed by atoms with Gasteiger partial charge in [0.05, 0.1) is 0 Å². The first-order chi connectivity index (χ1) is 6.15. The molecule has 75 valence electrons. The summed E-state index contributed by atoms with van der Waals surface area (Å²) in [4.78, 5) is 10.1. The van der Waals surface area contributed by atoms with Crippen LogP contribution in [0.15, 0.2) is 0 Å². The summed E-state index contributed by atoms with van der Waals surface area (Å²) in [5.74, 6) is 1.93. The van der Waals surface area contributed by atoms with Crippen molar-refractivity contribution in [2.45, 2.75) is 46.1 Å². The molecule has 0 aromatic carbocycles. The van der Waals surface area contributed by atoms with Gasteiger partial charge in [-0.15, -0.1) is 0 Å². The van der Waals surface area contributed by atoms with Crippen LogP contribution in [-0.2, 0) is 9.53 Å². The lowest BCUT2D eigenvalue weighted by atomic mass is 9.76. The lowest BCUT2D eigenvalue weighted by Gasteiger charge is -2.34. The van der Waals surface area contributed by atoms with Gasteiger partial charge in [-0.25, -0.2) is 4.79 Å². The molecule has 3 atom stereocenters. The zero-order valence-corrected chi connectivity index (χ0v) is 8.75. The van der Waals surface area contributed by atoms with Crippen molar-refractivity contribution < 1.29 is 9.53 Å². The summed E-state index contributed by atoms with van der Waals surface area (Å²) < 4.78 is 4.97. The van der Waals surface area contributed by atoms with Crippen LogP contribution in [0.2, 0.25) is 0 Å². The predicted molar refractivity (Wildman–Crippen MR) is 51.9 cm³/mol. The number of ether oxygens (including phenoxy) is 1. The van der Waals surface area contributed by atoms with E-state index in [1.807, 2.05) is 0 Å². The molecule has 0 aliphatic heterocycles. The second kappa shape index (κ2) is 4.64. The second-order valence-corrected chi connectivity index (χ2v) is 4.53. The van der Waals surface area contributed by atoms with Crippen LogP contribution in [0, 0.1) is 17.8 Å². The van der Waals surface area contributed by atoms with Crippen LogP contribution in [0.3, 0.4) is 0 Å². The number of carbonyl (C=O) groups excluding carboxylic acids is 1. The van der Waals surface area contributed by atoms with Gasteiger partial charge in [-0.05, 0) is 37.0 Å². The van der Waals surface area contributed by atoms with Gasteiger partial charge in [0.2, 0.25) is 0 Å². The van der Waals surface area contributed by atoms with Gasteiger partial charge in [0.25, 0.3) is 0 Å². The van der Waals surface area contributed by atoms with Crippen molar-refractivity contribution >= 4 is 6.47 Å². The monoisotopic (exact) mass is 183 g/mol. The lowest BCUT2D eigenvalue weighted by Crippen LogP contribution is -2.31. The minimum Gasteiger partial charge on any atom is -0.454 e. The van der Waals surface area contributed by atoms with E-state index >= 15 is 0 Å². The van der Waals surface area contributed by atoms with Gasteiger partial charge in [0.15, 0.2) is 0 Å². The largest absolute Gasteiger partial charge is 0.454 e. The Bertz CT molecular complexity index is 165. The van der Waals surface area contributed by atoms with Crippen LogP contribution >= 0.6 is 0 Å². The molecule has 0 unspecified atom stereocenters. The molecule has 0 N–H and O–H groups in total. The van der Waals surface area contributed by atoms with Gasteiger partial charge in [0.1, 0.15) is 6.10 Å². The summed E-state index contributed by atoms with van der Waals surface area (Å²) in [7, 11) is 0. The summed E-state index contributed by atoms with van der Waals surface area (Å²) in [6.07, 6.45) is 3.58. The highest BCUT2D eigenvalue weighted by molar-refractivity contribution is 5.38. The maximum absolute atomic E-state index is 10.1. The molecule has 0 bridgehead atoms. The average Bonchev–Trinajstić information content (AvgIpc) is 2.08. The molecule has 1 aliphatic rings. The molecule has 1 rings (SSSR count). The topological polar surface area (TPSA) is 26.3 Å². The van der Waals surface area contributed by atoms with Gasteiger partial charge in [-0.1, -0.05) is 20.8 Å². The van der Waals surface area contributed by atoms with Crippen molar-refractivity contribution in [1.82, 2.24) is 0 Å². The Hall–Kier alpha value is -0.530. The van der Waals surface area contributed by atoms with Crippen LogP contribution in [0.5, 0.6) is 0 Å². The Morgan fingerprint density at radius 3 is 2.62 bits per heavy atom. The second-order valence-electron chi connectivity index (χ2n) is 4.53. The summed E-state index contributed by atoms with van der Waals surface area (Å²) in [5.41, 5.74) is 0. The van der Waals surface area contributed by atoms with E-state index in [2.05, 4.69) is 20.8 Å². The molecule has 0 amide bonds. The molecule has 0 aromatic heterocycles. The van der Waals surface area contributed by atoms with Crippen LogP contribution < -0.4 is 0 Å². The van der Waals surface area contributed by atoms with E-state index in [0.29, 0.717) is 11.8 Å². The third-order valence-corrected chi connectivity index (χ3v) is 3.30. The maximum atomic E-state index is 10.1. The fraction of sp³-hybridized carbons (Fsp3) is 0.909. The average molecular weight is 183 g/mol. The zero-order valence-electron chi connectivity index (χ0n) is 8.75. The molecule has 1 radical (unpaired) electrons. The summed E-state index contributed by atoms with van der Waals surface area (Å²) >= 11 is 0. The lowest BCUT2D eigenvalue weighted by molar-refractivity contribution is 0.0484. The van der Waals surface area contributed by atoms with Crippen LogP contribution in [-0.4, -0.2) is 12.6 Å². The quantitative estimate of drug-likeness (QED) is 0.672. The Morgan fingerprint density at radius 2 is 2.08 bits per heavy atom. The van der Waals surface area contributed by atoms with E-state index in [1.165, 1.54) is 12.8 Å². The first-order valence-corrected chi connectivity index (χ1v) is 5.18. The van der Waals surface area contributed by atoms with Gasteiger partial charge < -0.3 is 4.74 Å². The molecule has 0 heterocycles. The van der Waals surface area contributed by atoms with Crippen LogP contribution in [0.25, 0.3) is 0 Å². The van der Waals surface area contributed by atoms with Crippen molar-refractivity contribution in [1.29, 1.82) is 0 Å². The van der Waals surface area contributed by atoms with E-state index < -0.39 is 0 Å². The summed E-state index contributed by atoms with van der Waals surface area (Å²) in [5, 5.41) is 0. The van der Waals surface area contributed by atoms with Crippen molar-refractivity contribution in [3.05, 3.63) is 0 Å². The highest BCUT2D eigenvalue weighted by Crippen LogP contribution is 2.34. The van der Waals surface area contributed by atoms with E-state index in [0.717, 1.165) is 12.3 Å². The maximum Gasteiger partial charge on any atom is 0.417 e. The van der Waals surface area contributed by atoms with E-state index in [9.17, 15) is 4.79 Å². The molecule has 0 saturated heterocycles. The Labute approximate surface area is 80.7 Å². The van der Waals surface area contributed by atoms with Gasteiger partial charge in [-0.3, -0.25) is 0 Å². The smallest absolute Gasteiger partial charge is 0.417 e. The molecule has 0 spiro atoms. The first kappa shape index (κ1) is 10.6. The van der Waals surface area contributed by atoms with E-state index in [1.54, 1.807) is 6.47 Å². The van der Waals surface area contributed by atoms with Gasteiger partial charge in [0, 0.05) is 0 Å². The molecule has 1 aliphatic carbocycles. The minimum absolute atomic E-state index is 0.110. The van der Waals surface area contributed by atoms with Gasteiger partial charge in [-0.2, -0.15) is 0 Å². The molecular formula is C11H19O2. The van der Waals surface area contributed by atoms with Crippen LogP contribution in [0.1, 0.15) is 40.0 Å². The zero-order chi connectivity index (χ0) is 9.84. The van der Waals surface area contributed by atoms with E-state index in [-0.39, 0.29) is 6.10 Å². The molecule has 1 fully saturated rings. The number of rotatable bonds is 3. The Kier molecular flexibility index (Phi) is 3.76. The molecule has 1 saturated carbocycles. The highest BCUT2D eigenvalue weighted by atomic mass is 16.5. The molecule has 13 heavy (non-hydrogen) atoms. The fourth-order valence-corrected chi connectivity index (χ4v) is 2.14. The molecule has 2 nitrogen and oxygen atoms in total. The normalized spacial score (nSPS) is 34.6.